The predicted molar refractivity (Wildman–Crippen MR) is 172 cm³/mol. The fourth-order valence-corrected chi connectivity index (χ4v) is 5.82. The van der Waals surface area contributed by atoms with Crippen LogP contribution in [0, 0.1) is 18.3 Å². The number of rotatable bonds is 8. The molecule has 236 valence electrons. The number of alkyl carbamates (subject to hydrolysis) is 1. The molecule has 1 fully saturated rings. The van der Waals surface area contributed by atoms with Gasteiger partial charge in [-0.1, -0.05) is 18.2 Å². The number of nitrogens with one attached hydrogen (secondary N) is 1. The van der Waals surface area contributed by atoms with E-state index in [2.05, 4.69) is 16.3 Å². The zero-order chi connectivity index (χ0) is 32.3. The highest BCUT2D eigenvalue weighted by molar-refractivity contribution is 5.88. The van der Waals surface area contributed by atoms with Gasteiger partial charge in [-0.05, 0) is 70.4 Å². The molecule has 0 unspecified atom stereocenters. The Hall–Kier alpha value is -4.98. The number of aryl methyl sites for hydroxylation is 1. The van der Waals surface area contributed by atoms with Gasteiger partial charge in [0.15, 0.2) is 5.65 Å². The lowest BCUT2D eigenvalue weighted by atomic mass is 10.0. The minimum absolute atomic E-state index is 0.137. The van der Waals surface area contributed by atoms with Crippen LogP contribution in [0.5, 0.6) is 11.5 Å². The number of fused-ring (bicyclic) bond motifs is 1. The smallest absolute Gasteiger partial charge is 0.407 e. The van der Waals surface area contributed by atoms with E-state index in [-0.39, 0.29) is 24.8 Å². The molecule has 0 radical (unpaired) electrons. The molecule has 4 aromatic rings. The monoisotopic (exact) mass is 612 g/mol. The molecule has 0 saturated carbocycles. The standard InChI is InChI=1S/C34H40N6O5/c1-22-16-28(38-15-9-12-26(21-38)37-32(41)45-34(2,3)4)30-31(36-22)40(20-25-13-14-27(43-5)17-29(25)44-6)33(42)39(30)19-24-11-8-7-10-23(24)18-35/h7-8,10-11,13-14,16-17,26H,9,12,15,19-21H2,1-6H3,(H,37,41)/t26-/m1/s1. The first kappa shape index (κ1) is 31.4. The number of nitriles is 1. The van der Waals surface area contributed by atoms with Gasteiger partial charge in [0.2, 0.25) is 0 Å². The van der Waals surface area contributed by atoms with E-state index >= 15 is 0 Å². The fraction of sp³-hybridized carbons (Fsp3) is 0.412. The Bertz CT molecular complexity index is 1810. The van der Waals surface area contributed by atoms with Crippen LogP contribution in [-0.4, -0.2) is 59.2 Å². The first-order chi connectivity index (χ1) is 21.5. The summed E-state index contributed by atoms with van der Waals surface area (Å²) in [6, 6.07) is 16.9. The number of pyridine rings is 1. The number of benzene rings is 2. The van der Waals surface area contributed by atoms with Crippen molar-refractivity contribution in [3.05, 3.63) is 81.4 Å². The Morgan fingerprint density at radius 2 is 1.82 bits per heavy atom. The average molecular weight is 613 g/mol. The molecule has 2 aromatic carbocycles. The highest BCUT2D eigenvalue weighted by Crippen LogP contribution is 2.32. The molecule has 1 N–H and O–H groups in total. The van der Waals surface area contributed by atoms with Crippen molar-refractivity contribution in [2.45, 2.75) is 65.3 Å². The molecule has 45 heavy (non-hydrogen) atoms. The van der Waals surface area contributed by atoms with Gasteiger partial charge in [0.1, 0.15) is 22.6 Å². The van der Waals surface area contributed by atoms with Crippen molar-refractivity contribution in [3.8, 4) is 17.6 Å². The van der Waals surface area contributed by atoms with E-state index in [0.29, 0.717) is 34.8 Å². The molecule has 0 bridgehead atoms. The number of methoxy groups -OCH3 is 2. The maximum Gasteiger partial charge on any atom is 0.407 e. The topological polar surface area (TPSA) is 124 Å². The van der Waals surface area contributed by atoms with E-state index < -0.39 is 11.7 Å². The zero-order valence-corrected chi connectivity index (χ0v) is 26.7. The Morgan fingerprint density at radius 1 is 1.07 bits per heavy atom. The van der Waals surface area contributed by atoms with Gasteiger partial charge in [-0.3, -0.25) is 9.13 Å². The number of anilines is 1. The van der Waals surface area contributed by atoms with Crippen LogP contribution in [0.1, 0.15) is 56.0 Å². The predicted octanol–water partition coefficient (Wildman–Crippen LogP) is 4.99. The quantitative estimate of drug-likeness (QED) is 0.295. The molecule has 0 aliphatic carbocycles. The van der Waals surface area contributed by atoms with Crippen LogP contribution in [-0.2, 0) is 17.8 Å². The van der Waals surface area contributed by atoms with E-state index in [1.54, 1.807) is 35.5 Å². The summed E-state index contributed by atoms with van der Waals surface area (Å²) in [5.74, 6) is 1.24. The van der Waals surface area contributed by atoms with Gasteiger partial charge in [0, 0.05) is 36.5 Å². The van der Waals surface area contributed by atoms with Crippen molar-refractivity contribution in [3.63, 3.8) is 0 Å². The minimum atomic E-state index is -0.599. The van der Waals surface area contributed by atoms with E-state index in [9.17, 15) is 14.9 Å². The molecule has 1 atom stereocenters. The first-order valence-electron chi connectivity index (χ1n) is 15.1. The third-order valence-electron chi connectivity index (χ3n) is 7.84. The summed E-state index contributed by atoms with van der Waals surface area (Å²) in [5, 5.41) is 12.8. The van der Waals surface area contributed by atoms with Gasteiger partial charge in [-0.25, -0.2) is 14.6 Å². The largest absolute Gasteiger partial charge is 0.497 e. The zero-order valence-electron chi connectivity index (χ0n) is 26.7. The summed E-state index contributed by atoms with van der Waals surface area (Å²) in [5.41, 5.74) is 3.98. The van der Waals surface area contributed by atoms with Crippen LogP contribution in [0.4, 0.5) is 10.5 Å². The molecule has 11 heteroatoms. The third kappa shape index (κ3) is 6.90. The van der Waals surface area contributed by atoms with Gasteiger partial charge in [-0.15, -0.1) is 0 Å². The number of nitrogens with zero attached hydrogens (tertiary/aromatic N) is 5. The minimum Gasteiger partial charge on any atom is -0.497 e. The van der Waals surface area contributed by atoms with Crippen LogP contribution in [0.25, 0.3) is 11.2 Å². The van der Waals surface area contributed by atoms with Gasteiger partial charge >= 0.3 is 11.8 Å². The van der Waals surface area contributed by atoms with Crippen LogP contribution in [0.15, 0.2) is 53.3 Å². The van der Waals surface area contributed by atoms with Crippen LogP contribution in [0.2, 0.25) is 0 Å². The molecule has 1 saturated heterocycles. The summed E-state index contributed by atoms with van der Waals surface area (Å²) in [6.07, 6.45) is 1.20. The van der Waals surface area contributed by atoms with Gasteiger partial charge in [0.05, 0.1) is 44.6 Å². The molecule has 5 rings (SSSR count). The molecular formula is C34H40N6O5. The average Bonchev–Trinajstić information content (AvgIpc) is 3.25. The molecule has 2 aromatic heterocycles. The second-order valence-electron chi connectivity index (χ2n) is 12.3. The van der Waals surface area contributed by atoms with Gasteiger partial charge in [-0.2, -0.15) is 5.26 Å². The molecule has 11 nitrogen and oxygen atoms in total. The van der Waals surface area contributed by atoms with Gasteiger partial charge in [0.25, 0.3) is 0 Å². The molecule has 3 heterocycles. The normalized spacial score (nSPS) is 15.0. The van der Waals surface area contributed by atoms with Crippen molar-refractivity contribution < 1.29 is 19.0 Å². The fourth-order valence-electron chi connectivity index (χ4n) is 5.82. The highest BCUT2D eigenvalue weighted by atomic mass is 16.6. The molecule has 1 aliphatic heterocycles. The van der Waals surface area contributed by atoms with Crippen molar-refractivity contribution in [1.82, 2.24) is 19.4 Å². The lowest BCUT2D eigenvalue weighted by Gasteiger charge is -2.35. The lowest BCUT2D eigenvalue weighted by molar-refractivity contribution is 0.0500. The van der Waals surface area contributed by atoms with E-state index in [4.69, 9.17) is 19.2 Å². The van der Waals surface area contributed by atoms with Crippen LogP contribution in [0.3, 0.4) is 0 Å². The number of carbonyl (C=O) groups is 1. The second-order valence-corrected chi connectivity index (χ2v) is 12.3. The van der Waals surface area contributed by atoms with E-state index in [1.165, 1.54) is 0 Å². The maximum atomic E-state index is 14.4. The lowest BCUT2D eigenvalue weighted by Crippen LogP contribution is -2.49. The van der Waals surface area contributed by atoms with Crippen LogP contribution >= 0.6 is 0 Å². The van der Waals surface area contributed by atoms with Crippen molar-refractivity contribution in [2.75, 3.05) is 32.2 Å². The van der Waals surface area contributed by atoms with Crippen LogP contribution < -0.4 is 25.4 Å². The van der Waals surface area contributed by atoms with Crippen molar-refractivity contribution in [1.29, 1.82) is 5.26 Å². The SMILES string of the molecule is COc1ccc(Cn2c(=O)n(Cc3ccccc3C#N)c3c(N4CCC[C@@H](NC(=O)OC(C)(C)C)C4)cc(C)nc32)c(OC)c1. The first-order valence-corrected chi connectivity index (χ1v) is 15.1. The molecular weight excluding hydrogens is 572 g/mol. The van der Waals surface area contributed by atoms with Gasteiger partial charge < -0.3 is 24.4 Å². The number of imidazole rings is 1. The molecule has 1 amide bonds. The second kappa shape index (κ2) is 12.9. The third-order valence-corrected chi connectivity index (χ3v) is 7.84. The summed E-state index contributed by atoms with van der Waals surface area (Å²) in [4.78, 5) is 34.1. The number of ether oxygens (including phenoxy) is 3. The Balaban J connectivity index is 1.63. The molecule has 0 spiro atoms. The Labute approximate surface area is 262 Å². The highest BCUT2D eigenvalue weighted by Gasteiger charge is 2.28. The van der Waals surface area contributed by atoms with E-state index in [1.807, 2.05) is 64.1 Å². The maximum absolute atomic E-state index is 14.4. The number of hydrogen-bond acceptors (Lipinski definition) is 8. The number of piperidine rings is 1. The summed E-state index contributed by atoms with van der Waals surface area (Å²) in [7, 11) is 3.18. The summed E-state index contributed by atoms with van der Waals surface area (Å²) in [6.45, 7) is 9.12. The molecule has 1 aliphatic rings. The Kier molecular flexibility index (Phi) is 9.04. The number of carbonyl (C=O) groups excluding carboxylic acids is 1. The van der Waals surface area contributed by atoms with Crippen molar-refractivity contribution >= 4 is 22.9 Å². The Morgan fingerprint density at radius 3 is 2.53 bits per heavy atom. The van der Waals surface area contributed by atoms with Crippen molar-refractivity contribution in [2.24, 2.45) is 0 Å². The summed E-state index contributed by atoms with van der Waals surface area (Å²) < 4.78 is 19.9. The number of hydrogen-bond donors (Lipinski definition) is 1. The number of amides is 1. The number of aromatic nitrogens is 3. The summed E-state index contributed by atoms with van der Waals surface area (Å²) >= 11 is 0. The van der Waals surface area contributed by atoms with E-state index in [0.717, 1.165) is 41.9 Å².